The number of benzene rings is 2. The van der Waals surface area contributed by atoms with E-state index in [1.807, 2.05) is 64.1 Å². The summed E-state index contributed by atoms with van der Waals surface area (Å²) in [7, 11) is 0. The van der Waals surface area contributed by atoms with E-state index in [0.717, 1.165) is 17.5 Å². The maximum Gasteiger partial charge on any atom is 0.126 e. The first-order chi connectivity index (χ1) is 9.81. The van der Waals surface area contributed by atoms with Gasteiger partial charge in [-0.3, -0.25) is 0 Å². The van der Waals surface area contributed by atoms with Gasteiger partial charge in [0, 0.05) is 12.0 Å². The summed E-state index contributed by atoms with van der Waals surface area (Å²) >= 11 is 0. The van der Waals surface area contributed by atoms with Crippen LogP contribution >= 0.6 is 0 Å². The van der Waals surface area contributed by atoms with Crippen LogP contribution in [-0.2, 0) is 6.42 Å². The molecule has 0 fully saturated rings. The molecular formula is C19H26O. The number of phenolic OH excluding ortho intramolecular Hbond substituents is 1. The Morgan fingerprint density at radius 2 is 1.50 bits per heavy atom. The summed E-state index contributed by atoms with van der Waals surface area (Å²) in [6, 6.07) is 15.8. The van der Waals surface area contributed by atoms with Crippen LogP contribution in [0.3, 0.4) is 0 Å². The van der Waals surface area contributed by atoms with Crippen LogP contribution in [0.25, 0.3) is 6.08 Å². The van der Waals surface area contributed by atoms with Crippen molar-refractivity contribution in [3.63, 3.8) is 0 Å². The van der Waals surface area contributed by atoms with Gasteiger partial charge in [0.25, 0.3) is 0 Å². The van der Waals surface area contributed by atoms with Gasteiger partial charge in [0.1, 0.15) is 5.75 Å². The quantitative estimate of drug-likeness (QED) is 0.761. The maximum absolute atomic E-state index is 9.98. The zero-order chi connectivity index (χ0) is 15.4. The molecule has 108 valence electrons. The third-order valence-corrected chi connectivity index (χ3v) is 2.61. The molecule has 0 atom stereocenters. The van der Waals surface area contributed by atoms with Crippen molar-refractivity contribution in [2.45, 2.75) is 34.1 Å². The summed E-state index contributed by atoms with van der Waals surface area (Å²) < 4.78 is 0. The molecule has 0 amide bonds. The Hall–Kier alpha value is -2.02. The van der Waals surface area contributed by atoms with Gasteiger partial charge in [0.05, 0.1) is 0 Å². The molecular weight excluding hydrogens is 244 g/mol. The van der Waals surface area contributed by atoms with E-state index in [1.165, 1.54) is 5.56 Å². The van der Waals surface area contributed by atoms with E-state index < -0.39 is 0 Å². The Morgan fingerprint density at radius 1 is 0.900 bits per heavy atom. The van der Waals surface area contributed by atoms with Crippen molar-refractivity contribution in [3.8, 4) is 5.75 Å². The molecule has 20 heavy (non-hydrogen) atoms. The topological polar surface area (TPSA) is 20.2 Å². The van der Waals surface area contributed by atoms with Crippen LogP contribution in [0.4, 0.5) is 0 Å². The SMILES string of the molecule is C=Cc1cccc(Cc2ccccc2)c1O.CC.CC. The van der Waals surface area contributed by atoms with E-state index in [0.29, 0.717) is 5.75 Å². The fraction of sp³-hybridized carbons (Fsp3) is 0.263. The highest BCUT2D eigenvalue weighted by Crippen LogP contribution is 2.25. The van der Waals surface area contributed by atoms with Gasteiger partial charge in [0.2, 0.25) is 0 Å². The molecule has 1 nitrogen and oxygen atoms in total. The Labute approximate surface area is 123 Å². The van der Waals surface area contributed by atoms with Crippen LogP contribution in [0.1, 0.15) is 44.4 Å². The van der Waals surface area contributed by atoms with Gasteiger partial charge in [-0.15, -0.1) is 0 Å². The Balaban J connectivity index is 0.000000829. The van der Waals surface area contributed by atoms with Crippen LogP contribution < -0.4 is 0 Å². The van der Waals surface area contributed by atoms with Crippen LogP contribution in [0.2, 0.25) is 0 Å². The van der Waals surface area contributed by atoms with Crippen molar-refractivity contribution in [3.05, 3.63) is 71.8 Å². The highest BCUT2D eigenvalue weighted by molar-refractivity contribution is 5.58. The minimum absolute atomic E-state index is 0.335. The highest BCUT2D eigenvalue weighted by Gasteiger charge is 2.04. The van der Waals surface area contributed by atoms with Crippen LogP contribution in [0.15, 0.2) is 55.1 Å². The molecule has 0 spiro atoms. The van der Waals surface area contributed by atoms with E-state index in [1.54, 1.807) is 6.08 Å². The summed E-state index contributed by atoms with van der Waals surface area (Å²) in [6.07, 6.45) is 2.41. The average molecular weight is 270 g/mol. The van der Waals surface area contributed by atoms with E-state index in [4.69, 9.17) is 0 Å². The molecule has 0 aromatic heterocycles. The van der Waals surface area contributed by atoms with Gasteiger partial charge in [-0.25, -0.2) is 0 Å². The fourth-order valence-corrected chi connectivity index (χ4v) is 1.73. The maximum atomic E-state index is 9.98. The zero-order valence-corrected chi connectivity index (χ0v) is 13.1. The largest absolute Gasteiger partial charge is 0.507 e. The lowest BCUT2D eigenvalue weighted by Crippen LogP contribution is -1.89. The molecule has 0 aliphatic carbocycles. The minimum atomic E-state index is 0.335. The molecule has 1 heteroatoms. The first-order valence-corrected chi connectivity index (χ1v) is 7.28. The first kappa shape index (κ1) is 18.0. The number of phenols is 1. The summed E-state index contributed by atoms with van der Waals surface area (Å²) in [5.74, 6) is 0.335. The second-order valence-corrected chi connectivity index (χ2v) is 3.72. The third-order valence-electron chi connectivity index (χ3n) is 2.61. The third kappa shape index (κ3) is 5.31. The molecule has 0 heterocycles. The number of para-hydroxylation sites is 1. The minimum Gasteiger partial charge on any atom is -0.507 e. The van der Waals surface area contributed by atoms with Gasteiger partial charge in [0.15, 0.2) is 0 Å². The molecule has 2 rings (SSSR count). The molecule has 0 unspecified atom stereocenters. The number of hydrogen-bond donors (Lipinski definition) is 1. The molecule has 0 aliphatic rings. The van der Waals surface area contributed by atoms with Crippen LogP contribution in [-0.4, -0.2) is 5.11 Å². The van der Waals surface area contributed by atoms with E-state index in [2.05, 4.69) is 18.7 Å². The fourth-order valence-electron chi connectivity index (χ4n) is 1.73. The summed E-state index contributed by atoms with van der Waals surface area (Å²) in [4.78, 5) is 0. The summed E-state index contributed by atoms with van der Waals surface area (Å²) in [5.41, 5.74) is 2.91. The van der Waals surface area contributed by atoms with Crippen molar-refractivity contribution in [1.29, 1.82) is 0 Å². The number of hydrogen-bond acceptors (Lipinski definition) is 1. The van der Waals surface area contributed by atoms with Crippen molar-refractivity contribution in [2.24, 2.45) is 0 Å². The molecule has 2 aromatic carbocycles. The van der Waals surface area contributed by atoms with Gasteiger partial charge in [-0.1, -0.05) is 88.9 Å². The van der Waals surface area contributed by atoms with Gasteiger partial charge in [-0.2, -0.15) is 0 Å². The van der Waals surface area contributed by atoms with Gasteiger partial charge in [-0.05, 0) is 11.1 Å². The van der Waals surface area contributed by atoms with Crippen molar-refractivity contribution in [2.75, 3.05) is 0 Å². The highest BCUT2D eigenvalue weighted by atomic mass is 16.3. The standard InChI is InChI=1S/C15H14O.2C2H6/c1-2-13-9-6-10-14(15(13)16)11-12-7-4-3-5-8-12;2*1-2/h2-10,16H,1,11H2;2*1-2H3. The molecule has 1 N–H and O–H groups in total. The Morgan fingerprint density at radius 3 is 2.05 bits per heavy atom. The molecule has 0 aliphatic heterocycles. The molecule has 0 bridgehead atoms. The van der Waals surface area contributed by atoms with Crippen molar-refractivity contribution < 1.29 is 5.11 Å². The number of rotatable bonds is 3. The lowest BCUT2D eigenvalue weighted by atomic mass is 10.0. The van der Waals surface area contributed by atoms with Crippen molar-refractivity contribution >= 4 is 6.08 Å². The first-order valence-electron chi connectivity index (χ1n) is 7.28. The molecule has 2 aromatic rings. The van der Waals surface area contributed by atoms with Crippen LogP contribution in [0, 0.1) is 0 Å². The van der Waals surface area contributed by atoms with Gasteiger partial charge >= 0.3 is 0 Å². The van der Waals surface area contributed by atoms with Gasteiger partial charge < -0.3 is 5.11 Å². The van der Waals surface area contributed by atoms with E-state index >= 15 is 0 Å². The monoisotopic (exact) mass is 270 g/mol. The predicted octanol–water partition coefficient (Wildman–Crippen LogP) is 5.68. The molecule has 0 saturated heterocycles. The predicted molar refractivity (Wildman–Crippen MR) is 90.1 cm³/mol. The van der Waals surface area contributed by atoms with Crippen LogP contribution in [0.5, 0.6) is 5.75 Å². The summed E-state index contributed by atoms with van der Waals surface area (Å²) in [5, 5.41) is 9.98. The molecule has 0 saturated carbocycles. The normalized spacial score (nSPS) is 8.60. The molecule has 0 radical (unpaired) electrons. The smallest absolute Gasteiger partial charge is 0.126 e. The Kier molecular flexibility index (Phi) is 9.76. The summed E-state index contributed by atoms with van der Waals surface area (Å²) in [6.45, 7) is 11.7. The lowest BCUT2D eigenvalue weighted by molar-refractivity contribution is 0.468. The second kappa shape index (κ2) is 10.9. The number of aromatic hydroxyl groups is 1. The van der Waals surface area contributed by atoms with Crippen molar-refractivity contribution in [1.82, 2.24) is 0 Å². The van der Waals surface area contributed by atoms with E-state index in [9.17, 15) is 5.11 Å². The Bertz CT molecular complexity index is 486. The lowest BCUT2D eigenvalue weighted by Gasteiger charge is -2.07. The second-order valence-electron chi connectivity index (χ2n) is 3.72. The van der Waals surface area contributed by atoms with E-state index in [-0.39, 0.29) is 0 Å². The average Bonchev–Trinajstić information content (AvgIpc) is 2.54. The zero-order valence-electron chi connectivity index (χ0n) is 13.1.